The summed E-state index contributed by atoms with van der Waals surface area (Å²) >= 11 is 5.90. The first-order valence-corrected chi connectivity index (χ1v) is 15.2. The van der Waals surface area contributed by atoms with Crippen molar-refractivity contribution in [3.63, 3.8) is 0 Å². The van der Waals surface area contributed by atoms with Gasteiger partial charge in [0.05, 0.1) is 11.2 Å². The number of carbonyl (C=O) groups excluding carboxylic acids is 1. The topological polar surface area (TPSA) is 86.6 Å². The molecule has 4 rings (SSSR count). The Labute approximate surface area is 271 Å². The van der Waals surface area contributed by atoms with Crippen LogP contribution >= 0.6 is 11.6 Å². The molecular weight excluding hydrogens is 621 g/mol. The normalized spacial score (nSPS) is 11.9. The van der Waals surface area contributed by atoms with Gasteiger partial charge in [-0.2, -0.15) is 5.10 Å². The number of phenols is 1. The predicted octanol–water partition coefficient (Wildman–Crippen LogP) is 7.08. The van der Waals surface area contributed by atoms with Crippen molar-refractivity contribution < 1.29 is 32.5 Å². The molecule has 0 atom stereocenters. The van der Waals surface area contributed by atoms with Gasteiger partial charge in [-0.05, 0) is 66.5 Å². The number of hydrogen-bond donors (Lipinski definition) is 2. The first-order valence-electron chi connectivity index (χ1n) is 14.8. The number of likely N-dealkylation sites (N-methyl/N-ethyl adjacent to an activating group) is 1. The number of halogens is 4. The number of phenolic OH excluding ortho intramolecular Hbond substituents is 1. The van der Waals surface area contributed by atoms with E-state index < -0.39 is 12.3 Å². The number of ether oxygens (including phenoxy) is 2. The highest BCUT2D eigenvalue weighted by atomic mass is 35.5. The average Bonchev–Trinajstić information content (AvgIpc) is 3.03. The van der Waals surface area contributed by atoms with Crippen LogP contribution in [0.25, 0.3) is 10.8 Å². The number of nitrogens with zero attached hydrogens (tertiary/aromatic N) is 3. The van der Waals surface area contributed by atoms with Crippen molar-refractivity contribution in [3.8, 4) is 17.2 Å². The summed E-state index contributed by atoms with van der Waals surface area (Å²) in [6, 6.07) is 21.5. The third-order valence-electron chi connectivity index (χ3n) is 7.35. The summed E-state index contributed by atoms with van der Waals surface area (Å²) in [6.07, 6.45) is -3.18. The molecule has 0 saturated carbocycles. The van der Waals surface area contributed by atoms with Crippen LogP contribution in [0.5, 0.6) is 17.2 Å². The largest absolute Gasteiger partial charge is 0.573 e. The summed E-state index contributed by atoms with van der Waals surface area (Å²) in [5.74, 6) is -0.151. The van der Waals surface area contributed by atoms with E-state index in [1.54, 1.807) is 18.3 Å². The average molecular weight is 657 g/mol. The van der Waals surface area contributed by atoms with E-state index in [0.717, 1.165) is 48.1 Å². The molecule has 0 heterocycles. The van der Waals surface area contributed by atoms with Gasteiger partial charge in [-0.3, -0.25) is 9.69 Å². The molecule has 0 aliphatic rings. The molecule has 0 spiro atoms. The van der Waals surface area contributed by atoms with Crippen LogP contribution in [-0.4, -0.2) is 72.7 Å². The number of fused-ring (bicyclic) bond motifs is 1. The van der Waals surface area contributed by atoms with Crippen molar-refractivity contribution in [2.75, 3.05) is 39.3 Å². The second kappa shape index (κ2) is 16.3. The Hall–Kier alpha value is -4.32. The van der Waals surface area contributed by atoms with Crippen molar-refractivity contribution in [1.29, 1.82) is 0 Å². The molecule has 46 heavy (non-hydrogen) atoms. The maximum Gasteiger partial charge on any atom is 0.573 e. The van der Waals surface area contributed by atoms with Crippen LogP contribution in [0.2, 0.25) is 5.02 Å². The van der Waals surface area contributed by atoms with E-state index in [4.69, 9.17) is 16.3 Å². The highest BCUT2D eigenvalue weighted by molar-refractivity contribution is 6.32. The molecule has 4 aromatic rings. The highest BCUT2D eigenvalue weighted by Crippen LogP contribution is 2.28. The molecule has 0 radical (unpaired) electrons. The smallest absolute Gasteiger partial charge is 0.506 e. The number of benzene rings is 4. The zero-order valence-corrected chi connectivity index (χ0v) is 26.3. The lowest BCUT2D eigenvalue weighted by molar-refractivity contribution is -0.274. The number of carbonyl (C=O) groups is 1. The predicted molar refractivity (Wildman–Crippen MR) is 174 cm³/mol. The second-order valence-electron chi connectivity index (χ2n) is 10.4. The Morgan fingerprint density at radius 3 is 2.30 bits per heavy atom. The Bertz CT molecular complexity index is 1630. The molecule has 0 aliphatic carbocycles. The number of hydrazone groups is 1. The summed E-state index contributed by atoms with van der Waals surface area (Å²) < 4.78 is 48.0. The standard InChI is InChI=1S/C34H36ClF3N4O4/c1-3-41(4-2)17-18-42(23-24-9-13-27(14-10-24)46-34(36,37)38)19-20-45-32-16-12-26(28-7-5-6-8-29(28)32)22-39-40-33(44)25-11-15-31(43)30(35)21-25/h5-16,21-22,43H,3-4,17-20,23H2,1-2H3,(H,40,44)/b39-22+. The summed E-state index contributed by atoms with van der Waals surface area (Å²) in [5.41, 5.74) is 4.36. The van der Waals surface area contributed by atoms with Gasteiger partial charge in [0.15, 0.2) is 0 Å². The molecule has 1 amide bonds. The molecule has 0 saturated heterocycles. The van der Waals surface area contributed by atoms with E-state index >= 15 is 0 Å². The number of amides is 1. The maximum absolute atomic E-state index is 12.6. The van der Waals surface area contributed by atoms with E-state index in [-0.39, 0.29) is 22.1 Å². The van der Waals surface area contributed by atoms with Gasteiger partial charge < -0.3 is 19.5 Å². The SMILES string of the molecule is CCN(CC)CCN(CCOc1ccc(/C=N/NC(=O)c2ccc(O)c(Cl)c2)c2ccccc12)Cc1ccc(OC(F)(F)F)cc1. The third kappa shape index (κ3) is 10.1. The van der Waals surface area contributed by atoms with Gasteiger partial charge in [0, 0.05) is 42.7 Å². The Balaban J connectivity index is 1.42. The number of aromatic hydroxyl groups is 1. The Morgan fingerprint density at radius 2 is 1.63 bits per heavy atom. The van der Waals surface area contributed by atoms with E-state index in [1.165, 1.54) is 30.3 Å². The number of nitrogens with one attached hydrogen (secondary N) is 1. The van der Waals surface area contributed by atoms with Crippen LogP contribution in [0, 0.1) is 0 Å². The molecule has 8 nitrogen and oxygen atoms in total. The monoisotopic (exact) mass is 656 g/mol. The van der Waals surface area contributed by atoms with Gasteiger partial charge in [-0.25, -0.2) is 5.43 Å². The summed E-state index contributed by atoms with van der Waals surface area (Å²) in [6.45, 7) is 9.16. The van der Waals surface area contributed by atoms with Crippen molar-refractivity contribution >= 4 is 34.5 Å². The lowest BCUT2D eigenvalue weighted by Gasteiger charge is -2.26. The fourth-order valence-electron chi connectivity index (χ4n) is 4.84. The molecule has 4 aromatic carbocycles. The second-order valence-corrected chi connectivity index (χ2v) is 10.8. The van der Waals surface area contributed by atoms with Crippen molar-refractivity contribution in [1.82, 2.24) is 15.2 Å². The highest BCUT2D eigenvalue weighted by Gasteiger charge is 2.31. The first kappa shape index (κ1) is 34.6. The van der Waals surface area contributed by atoms with Crippen LogP contribution in [0.1, 0.15) is 35.3 Å². The molecule has 0 bridgehead atoms. The van der Waals surface area contributed by atoms with Crippen LogP contribution in [0.4, 0.5) is 13.2 Å². The lowest BCUT2D eigenvalue weighted by Crippen LogP contribution is -2.36. The fraction of sp³-hybridized carbons (Fsp3) is 0.294. The molecule has 0 aromatic heterocycles. The van der Waals surface area contributed by atoms with Gasteiger partial charge in [0.1, 0.15) is 23.9 Å². The van der Waals surface area contributed by atoms with Crippen LogP contribution in [-0.2, 0) is 6.54 Å². The lowest BCUT2D eigenvalue weighted by atomic mass is 10.0. The molecule has 0 aliphatic heterocycles. The zero-order chi connectivity index (χ0) is 33.1. The summed E-state index contributed by atoms with van der Waals surface area (Å²) in [5, 5.41) is 15.5. The molecule has 244 valence electrons. The van der Waals surface area contributed by atoms with Gasteiger partial charge in [0.2, 0.25) is 0 Å². The van der Waals surface area contributed by atoms with Gasteiger partial charge in [-0.15, -0.1) is 13.2 Å². The minimum atomic E-state index is -4.73. The fourth-order valence-corrected chi connectivity index (χ4v) is 5.02. The van der Waals surface area contributed by atoms with Crippen molar-refractivity contribution in [2.24, 2.45) is 5.10 Å². The van der Waals surface area contributed by atoms with Gasteiger partial charge in [0.25, 0.3) is 5.91 Å². The van der Waals surface area contributed by atoms with Crippen LogP contribution < -0.4 is 14.9 Å². The minimum absolute atomic E-state index is 0.0684. The van der Waals surface area contributed by atoms with Gasteiger partial charge in [-0.1, -0.05) is 61.8 Å². The van der Waals surface area contributed by atoms with Crippen molar-refractivity contribution in [3.05, 3.63) is 101 Å². The molecule has 0 fully saturated rings. The Kier molecular flexibility index (Phi) is 12.2. The van der Waals surface area contributed by atoms with Crippen LogP contribution in [0.15, 0.2) is 84.0 Å². The summed E-state index contributed by atoms with van der Waals surface area (Å²) in [4.78, 5) is 17.0. The van der Waals surface area contributed by atoms with Crippen molar-refractivity contribution in [2.45, 2.75) is 26.8 Å². The molecule has 0 unspecified atom stereocenters. The molecular formula is C34H36ClF3N4O4. The molecule has 12 heteroatoms. The van der Waals surface area contributed by atoms with Gasteiger partial charge >= 0.3 is 6.36 Å². The zero-order valence-electron chi connectivity index (χ0n) is 25.6. The van der Waals surface area contributed by atoms with E-state index in [0.29, 0.717) is 25.4 Å². The maximum atomic E-state index is 12.6. The molecule has 2 N–H and O–H groups in total. The Morgan fingerprint density at radius 1 is 0.935 bits per heavy atom. The van der Waals surface area contributed by atoms with E-state index in [1.807, 2.05) is 36.4 Å². The first-order chi connectivity index (χ1) is 22.1. The number of hydrogen-bond acceptors (Lipinski definition) is 7. The quantitative estimate of drug-likeness (QED) is 0.105. The van der Waals surface area contributed by atoms with E-state index in [9.17, 15) is 23.1 Å². The number of rotatable bonds is 15. The number of alkyl halides is 3. The minimum Gasteiger partial charge on any atom is -0.506 e. The van der Waals surface area contributed by atoms with Crippen LogP contribution in [0.3, 0.4) is 0 Å². The third-order valence-corrected chi connectivity index (χ3v) is 7.66. The summed E-state index contributed by atoms with van der Waals surface area (Å²) in [7, 11) is 0. The van der Waals surface area contributed by atoms with E-state index in [2.05, 4.69) is 38.9 Å².